The predicted molar refractivity (Wildman–Crippen MR) is 132 cm³/mol. The Morgan fingerprint density at radius 2 is 1.97 bits per heavy atom. The van der Waals surface area contributed by atoms with Crippen LogP contribution in [0.15, 0.2) is 40.9 Å². The number of esters is 1. The minimum atomic E-state index is -1.00. The van der Waals surface area contributed by atoms with Crippen molar-refractivity contribution in [1.29, 1.82) is 0 Å². The maximum absolute atomic E-state index is 13.1. The van der Waals surface area contributed by atoms with Gasteiger partial charge >= 0.3 is 5.97 Å². The number of thiocarbonyl (C=S) groups is 1. The molecule has 0 saturated carbocycles. The molecule has 3 atom stereocenters. The number of fused-ring (bicyclic) bond motifs is 4. The first-order chi connectivity index (χ1) is 15.8. The second kappa shape index (κ2) is 9.38. The number of hydrogen-bond acceptors (Lipinski definition) is 6. The van der Waals surface area contributed by atoms with Crippen molar-refractivity contribution in [3.05, 3.63) is 52.0 Å². The van der Waals surface area contributed by atoms with Crippen LogP contribution in [0.25, 0.3) is 0 Å². The van der Waals surface area contributed by atoms with E-state index >= 15 is 0 Å². The van der Waals surface area contributed by atoms with Crippen molar-refractivity contribution in [2.24, 2.45) is 5.92 Å². The lowest BCUT2D eigenvalue weighted by Crippen LogP contribution is -2.71. The van der Waals surface area contributed by atoms with Crippen molar-refractivity contribution >= 4 is 39.2 Å². The highest BCUT2D eigenvalue weighted by atomic mass is 79.9. The summed E-state index contributed by atoms with van der Waals surface area (Å²) in [4.78, 5) is 15.1. The molecule has 7 nitrogen and oxygen atoms in total. The van der Waals surface area contributed by atoms with Gasteiger partial charge in [-0.2, -0.15) is 0 Å². The molecular weight excluding hydrogens is 508 g/mol. The Hall–Kier alpha value is -2.52. The number of methoxy groups -OCH3 is 2. The first-order valence-corrected chi connectivity index (χ1v) is 12.0. The molecule has 0 spiro atoms. The van der Waals surface area contributed by atoms with Crippen LogP contribution in [-0.2, 0) is 16.0 Å². The van der Waals surface area contributed by atoms with E-state index in [1.807, 2.05) is 48.2 Å². The zero-order chi connectivity index (χ0) is 23.8. The van der Waals surface area contributed by atoms with Gasteiger partial charge in [0.2, 0.25) is 0 Å². The third kappa shape index (κ3) is 4.24. The summed E-state index contributed by atoms with van der Waals surface area (Å²) in [6, 6.07) is 11.3. The summed E-state index contributed by atoms with van der Waals surface area (Å²) < 4.78 is 23.6. The standard InChI is InChI=1S/C24H27BrN2O5S/c1-5-31-22(28)20-21-16-13-15(25)7-9-17(16)32-24(20,2)27(23(33)26-21)11-10-14-6-8-18(29-3)19(12-14)30-4/h6-9,12-13,20-21H,5,10-11H2,1-4H3,(H,26,33)/t20-,21+,24+/m1/s1. The second-order valence-electron chi connectivity index (χ2n) is 8.09. The Morgan fingerprint density at radius 1 is 1.21 bits per heavy atom. The molecule has 0 radical (unpaired) electrons. The highest BCUT2D eigenvalue weighted by Gasteiger charge is 2.59. The first kappa shape index (κ1) is 23.6. The predicted octanol–water partition coefficient (Wildman–Crippen LogP) is 4.23. The molecule has 2 aromatic rings. The number of halogens is 1. The number of benzene rings is 2. The van der Waals surface area contributed by atoms with Crippen LogP contribution in [0.5, 0.6) is 17.2 Å². The molecule has 2 aliphatic rings. The third-order valence-electron chi connectivity index (χ3n) is 6.21. The van der Waals surface area contributed by atoms with Crippen LogP contribution in [-0.4, -0.2) is 49.1 Å². The van der Waals surface area contributed by atoms with Crippen LogP contribution < -0.4 is 19.5 Å². The number of hydrogen-bond donors (Lipinski definition) is 1. The van der Waals surface area contributed by atoms with Crippen molar-refractivity contribution < 1.29 is 23.7 Å². The van der Waals surface area contributed by atoms with Crippen LogP contribution in [0, 0.1) is 5.92 Å². The highest BCUT2D eigenvalue weighted by molar-refractivity contribution is 9.10. The molecule has 4 rings (SSSR count). The average Bonchev–Trinajstić information content (AvgIpc) is 2.79. The summed E-state index contributed by atoms with van der Waals surface area (Å²) in [7, 11) is 3.22. The normalized spacial score (nSPS) is 23.2. The fourth-order valence-corrected chi connectivity index (χ4v) is 5.39. The van der Waals surface area contributed by atoms with Crippen molar-refractivity contribution in [1.82, 2.24) is 10.2 Å². The topological polar surface area (TPSA) is 69.3 Å². The van der Waals surface area contributed by atoms with Gasteiger partial charge in [-0.15, -0.1) is 0 Å². The fraction of sp³-hybridized carbons (Fsp3) is 0.417. The second-order valence-corrected chi connectivity index (χ2v) is 9.39. The summed E-state index contributed by atoms with van der Waals surface area (Å²) in [6.45, 7) is 4.54. The Labute approximate surface area is 207 Å². The van der Waals surface area contributed by atoms with Gasteiger partial charge in [0.25, 0.3) is 0 Å². The van der Waals surface area contributed by atoms with E-state index in [9.17, 15) is 4.79 Å². The lowest BCUT2D eigenvalue weighted by Gasteiger charge is -2.55. The molecule has 1 N–H and O–H groups in total. The van der Waals surface area contributed by atoms with Gasteiger partial charge < -0.3 is 29.2 Å². The summed E-state index contributed by atoms with van der Waals surface area (Å²) in [6.07, 6.45) is 0.661. The molecule has 0 aliphatic carbocycles. The molecule has 1 saturated heterocycles. The quantitative estimate of drug-likeness (QED) is 0.418. The molecule has 1 fully saturated rings. The molecule has 2 aromatic carbocycles. The molecule has 2 aliphatic heterocycles. The first-order valence-electron chi connectivity index (χ1n) is 10.8. The lowest BCUT2D eigenvalue weighted by molar-refractivity contribution is -0.175. The van der Waals surface area contributed by atoms with Gasteiger partial charge in [-0.05, 0) is 68.4 Å². The van der Waals surface area contributed by atoms with Crippen molar-refractivity contribution in [2.45, 2.75) is 32.0 Å². The van der Waals surface area contributed by atoms with Gasteiger partial charge in [-0.3, -0.25) is 4.79 Å². The number of ether oxygens (including phenoxy) is 4. The molecule has 0 aromatic heterocycles. The number of nitrogens with one attached hydrogen (secondary N) is 1. The van der Waals surface area contributed by atoms with Crippen LogP contribution in [0.2, 0.25) is 0 Å². The van der Waals surface area contributed by atoms with Crippen LogP contribution in [0.1, 0.15) is 31.0 Å². The maximum atomic E-state index is 13.1. The smallest absolute Gasteiger partial charge is 0.317 e. The number of carbonyl (C=O) groups is 1. The lowest BCUT2D eigenvalue weighted by atomic mass is 9.79. The van der Waals surface area contributed by atoms with E-state index in [-0.39, 0.29) is 12.0 Å². The van der Waals surface area contributed by atoms with Gasteiger partial charge in [0.05, 0.1) is 26.9 Å². The van der Waals surface area contributed by atoms with E-state index in [1.54, 1.807) is 21.1 Å². The zero-order valence-electron chi connectivity index (χ0n) is 19.0. The minimum Gasteiger partial charge on any atom is -0.493 e. The Morgan fingerprint density at radius 3 is 2.67 bits per heavy atom. The summed E-state index contributed by atoms with van der Waals surface area (Å²) in [5, 5.41) is 3.92. The SMILES string of the molecule is CCOC(=O)[C@H]1[C@H]2NC(=S)N(CCc3ccc(OC)c(OC)c3)[C@@]1(C)Oc1ccc(Br)cc12. The number of nitrogens with zero attached hydrogens (tertiary/aromatic N) is 1. The highest BCUT2D eigenvalue weighted by Crippen LogP contribution is 2.49. The van der Waals surface area contributed by atoms with Crippen molar-refractivity contribution in [3.8, 4) is 17.2 Å². The van der Waals surface area contributed by atoms with Gasteiger partial charge in [0, 0.05) is 16.6 Å². The maximum Gasteiger partial charge on any atom is 0.317 e. The van der Waals surface area contributed by atoms with E-state index in [4.69, 9.17) is 31.2 Å². The summed E-state index contributed by atoms with van der Waals surface area (Å²) in [5.74, 6) is 1.14. The molecule has 33 heavy (non-hydrogen) atoms. The molecule has 9 heteroatoms. The van der Waals surface area contributed by atoms with E-state index in [1.165, 1.54) is 0 Å². The number of rotatable bonds is 7. The molecule has 176 valence electrons. The van der Waals surface area contributed by atoms with Crippen molar-refractivity contribution in [2.75, 3.05) is 27.4 Å². The van der Waals surface area contributed by atoms with Crippen LogP contribution >= 0.6 is 28.1 Å². The van der Waals surface area contributed by atoms with Crippen LogP contribution in [0.4, 0.5) is 0 Å². The van der Waals surface area contributed by atoms with Gasteiger partial charge in [0.1, 0.15) is 11.7 Å². The molecule has 2 bridgehead atoms. The molecular formula is C24H27BrN2O5S. The molecule has 0 amide bonds. The monoisotopic (exact) mass is 534 g/mol. The van der Waals surface area contributed by atoms with Crippen LogP contribution in [0.3, 0.4) is 0 Å². The van der Waals surface area contributed by atoms with E-state index in [2.05, 4.69) is 21.2 Å². The molecule has 2 heterocycles. The largest absolute Gasteiger partial charge is 0.493 e. The minimum absolute atomic E-state index is 0.291. The van der Waals surface area contributed by atoms with E-state index < -0.39 is 11.6 Å². The summed E-state index contributed by atoms with van der Waals surface area (Å²) >= 11 is 9.27. The van der Waals surface area contributed by atoms with E-state index in [0.29, 0.717) is 36.2 Å². The Bertz CT molecular complexity index is 1080. The van der Waals surface area contributed by atoms with Gasteiger partial charge in [-0.1, -0.05) is 22.0 Å². The summed E-state index contributed by atoms with van der Waals surface area (Å²) in [5.41, 5.74) is 0.923. The van der Waals surface area contributed by atoms with E-state index in [0.717, 1.165) is 21.3 Å². The zero-order valence-corrected chi connectivity index (χ0v) is 21.4. The fourth-order valence-electron chi connectivity index (χ4n) is 4.61. The van der Waals surface area contributed by atoms with Gasteiger partial charge in [0.15, 0.2) is 22.3 Å². The van der Waals surface area contributed by atoms with Gasteiger partial charge in [-0.25, -0.2) is 0 Å². The molecule has 0 unspecified atom stereocenters. The average molecular weight is 535 g/mol. The number of carbonyl (C=O) groups excluding carboxylic acids is 1. The van der Waals surface area contributed by atoms with Crippen molar-refractivity contribution in [3.63, 3.8) is 0 Å². The third-order valence-corrected chi connectivity index (χ3v) is 7.04. The Kier molecular flexibility index (Phi) is 6.72. The Balaban J connectivity index is 1.67.